The molecule has 2 aromatic rings. The predicted octanol–water partition coefficient (Wildman–Crippen LogP) is 2.02. The SMILES string of the molecule is Cc1cnc(C=NC(Cc2nccs2)C(=O)O)s1. The van der Waals surface area contributed by atoms with Gasteiger partial charge < -0.3 is 5.11 Å². The Morgan fingerprint density at radius 3 is 3.00 bits per heavy atom. The molecule has 0 fully saturated rings. The molecule has 2 heterocycles. The van der Waals surface area contributed by atoms with Crippen LogP contribution in [0.1, 0.15) is 14.9 Å². The topological polar surface area (TPSA) is 75.4 Å². The Bertz CT molecular complexity index is 548. The number of aromatic nitrogens is 2. The highest BCUT2D eigenvalue weighted by Crippen LogP contribution is 2.12. The second kappa shape index (κ2) is 5.83. The van der Waals surface area contributed by atoms with Gasteiger partial charge in [0.1, 0.15) is 5.01 Å². The summed E-state index contributed by atoms with van der Waals surface area (Å²) in [7, 11) is 0. The van der Waals surface area contributed by atoms with E-state index < -0.39 is 12.0 Å². The summed E-state index contributed by atoms with van der Waals surface area (Å²) in [6.45, 7) is 1.94. The van der Waals surface area contributed by atoms with Crippen molar-refractivity contribution in [3.63, 3.8) is 0 Å². The Balaban J connectivity index is 2.06. The lowest BCUT2D eigenvalue weighted by Gasteiger charge is -2.03. The van der Waals surface area contributed by atoms with Crippen LogP contribution in [0, 0.1) is 6.92 Å². The fourth-order valence-corrected chi connectivity index (χ4v) is 2.62. The smallest absolute Gasteiger partial charge is 0.328 e. The highest BCUT2D eigenvalue weighted by Gasteiger charge is 2.17. The van der Waals surface area contributed by atoms with Crippen LogP contribution >= 0.6 is 22.7 Å². The number of aryl methyl sites for hydroxylation is 1. The third-order valence-corrected chi connectivity index (χ3v) is 3.79. The second-order valence-corrected chi connectivity index (χ2v) is 5.82. The minimum atomic E-state index is -0.949. The number of nitrogens with zero attached hydrogens (tertiary/aromatic N) is 3. The van der Waals surface area contributed by atoms with Crippen molar-refractivity contribution in [1.29, 1.82) is 0 Å². The van der Waals surface area contributed by atoms with Crippen molar-refractivity contribution >= 4 is 34.9 Å². The highest BCUT2D eigenvalue weighted by atomic mass is 32.1. The maximum atomic E-state index is 11.1. The zero-order valence-corrected chi connectivity index (χ0v) is 11.2. The van der Waals surface area contributed by atoms with Crippen LogP contribution in [-0.2, 0) is 11.2 Å². The van der Waals surface area contributed by atoms with Gasteiger partial charge in [-0.25, -0.2) is 14.8 Å². The molecule has 0 saturated carbocycles. The van der Waals surface area contributed by atoms with Crippen molar-refractivity contribution in [2.75, 3.05) is 0 Å². The first-order valence-electron chi connectivity index (χ1n) is 5.22. The normalized spacial score (nSPS) is 12.9. The molecule has 1 atom stereocenters. The summed E-state index contributed by atoms with van der Waals surface area (Å²) in [6.07, 6.45) is 5.23. The number of thiazole rings is 2. The molecule has 0 bridgehead atoms. The molecule has 94 valence electrons. The largest absolute Gasteiger partial charge is 0.480 e. The number of carbonyl (C=O) groups is 1. The van der Waals surface area contributed by atoms with Crippen molar-refractivity contribution in [3.05, 3.63) is 32.7 Å². The zero-order valence-electron chi connectivity index (χ0n) is 9.61. The second-order valence-electron chi connectivity index (χ2n) is 3.57. The van der Waals surface area contributed by atoms with Gasteiger partial charge in [0.25, 0.3) is 0 Å². The van der Waals surface area contributed by atoms with Crippen molar-refractivity contribution in [2.24, 2.45) is 4.99 Å². The van der Waals surface area contributed by atoms with Crippen LogP contribution in [0.15, 0.2) is 22.8 Å². The molecule has 0 aliphatic heterocycles. The van der Waals surface area contributed by atoms with Crippen LogP contribution in [-0.4, -0.2) is 33.3 Å². The summed E-state index contributed by atoms with van der Waals surface area (Å²) >= 11 is 2.92. The summed E-state index contributed by atoms with van der Waals surface area (Å²) in [5.74, 6) is -0.949. The standard InChI is InChI=1S/C11H11N3O2S2/c1-7-5-14-10(18-7)6-13-8(11(15)16)4-9-12-2-3-17-9/h2-3,5-6,8H,4H2,1H3,(H,15,16). The predicted molar refractivity (Wildman–Crippen MR) is 71.7 cm³/mol. The third-order valence-electron chi connectivity index (χ3n) is 2.14. The summed E-state index contributed by atoms with van der Waals surface area (Å²) in [4.78, 5) is 24.4. The monoisotopic (exact) mass is 281 g/mol. The van der Waals surface area contributed by atoms with Gasteiger partial charge in [0.05, 0.1) is 11.2 Å². The van der Waals surface area contributed by atoms with Gasteiger partial charge in [-0.1, -0.05) is 0 Å². The number of hydrogen-bond donors (Lipinski definition) is 1. The van der Waals surface area contributed by atoms with Crippen molar-refractivity contribution < 1.29 is 9.90 Å². The molecule has 7 heteroatoms. The number of aliphatic imine (C=N–C) groups is 1. The quantitative estimate of drug-likeness (QED) is 0.851. The molecule has 18 heavy (non-hydrogen) atoms. The number of rotatable bonds is 5. The molecule has 2 aromatic heterocycles. The Kier molecular flexibility index (Phi) is 4.16. The molecule has 0 amide bonds. The molecule has 2 rings (SSSR count). The summed E-state index contributed by atoms with van der Waals surface area (Å²) in [5, 5.41) is 12.4. The van der Waals surface area contributed by atoms with Crippen molar-refractivity contribution in [2.45, 2.75) is 19.4 Å². The third kappa shape index (κ3) is 3.44. The lowest BCUT2D eigenvalue weighted by Crippen LogP contribution is -2.20. The molecule has 0 aliphatic carbocycles. The van der Waals surface area contributed by atoms with Crippen molar-refractivity contribution in [1.82, 2.24) is 9.97 Å². The molecular weight excluding hydrogens is 270 g/mol. The minimum Gasteiger partial charge on any atom is -0.480 e. The molecule has 0 spiro atoms. The van der Waals surface area contributed by atoms with E-state index in [4.69, 9.17) is 5.11 Å². The maximum absolute atomic E-state index is 11.1. The zero-order chi connectivity index (χ0) is 13.0. The van der Waals surface area contributed by atoms with E-state index in [-0.39, 0.29) is 0 Å². The fourth-order valence-electron chi connectivity index (χ4n) is 1.31. The summed E-state index contributed by atoms with van der Waals surface area (Å²) < 4.78 is 0. The molecular formula is C11H11N3O2S2. The van der Waals surface area contributed by atoms with Gasteiger partial charge in [0, 0.05) is 29.1 Å². The van der Waals surface area contributed by atoms with E-state index in [0.717, 1.165) is 14.9 Å². The first-order valence-corrected chi connectivity index (χ1v) is 6.91. The van der Waals surface area contributed by atoms with Gasteiger partial charge in [-0.3, -0.25) is 4.99 Å². The van der Waals surface area contributed by atoms with Gasteiger partial charge in [-0.05, 0) is 6.92 Å². The van der Waals surface area contributed by atoms with E-state index in [0.29, 0.717) is 6.42 Å². The van der Waals surface area contributed by atoms with E-state index in [1.165, 1.54) is 28.9 Å². The Morgan fingerprint density at radius 2 is 2.44 bits per heavy atom. The number of carboxylic acid groups (broad SMARTS) is 1. The number of carboxylic acids is 1. The van der Waals surface area contributed by atoms with Crippen LogP contribution in [0.2, 0.25) is 0 Å². The Labute approximate surface area is 112 Å². The van der Waals surface area contributed by atoms with Crippen LogP contribution in [0.5, 0.6) is 0 Å². The number of hydrogen-bond acceptors (Lipinski definition) is 6. The lowest BCUT2D eigenvalue weighted by atomic mass is 10.2. The Morgan fingerprint density at radius 1 is 1.61 bits per heavy atom. The van der Waals surface area contributed by atoms with E-state index in [2.05, 4.69) is 15.0 Å². The minimum absolute atomic E-state index is 0.313. The fraction of sp³-hybridized carbons (Fsp3) is 0.273. The Hall–Kier alpha value is -1.60. The van der Waals surface area contributed by atoms with Crippen LogP contribution in [0.25, 0.3) is 0 Å². The average Bonchev–Trinajstić information content (AvgIpc) is 2.95. The molecule has 0 aromatic carbocycles. The summed E-state index contributed by atoms with van der Waals surface area (Å²) in [6, 6.07) is -0.805. The number of aliphatic carboxylic acids is 1. The van der Waals surface area contributed by atoms with Gasteiger partial charge >= 0.3 is 5.97 Å². The van der Waals surface area contributed by atoms with Crippen LogP contribution < -0.4 is 0 Å². The molecule has 0 radical (unpaired) electrons. The van der Waals surface area contributed by atoms with Crippen LogP contribution in [0.3, 0.4) is 0 Å². The molecule has 1 N–H and O–H groups in total. The van der Waals surface area contributed by atoms with E-state index >= 15 is 0 Å². The summed E-state index contributed by atoms with van der Waals surface area (Å²) in [5.41, 5.74) is 0. The van der Waals surface area contributed by atoms with E-state index in [1.807, 2.05) is 12.3 Å². The van der Waals surface area contributed by atoms with Gasteiger partial charge in [0.2, 0.25) is 0 Å². The first kappa shape index (κ1) is 12.8. The van der Waals surface area contributed by atoms with Gasteiger partial charge in [-0.15, -0.1) is 22.7 Å². The van der Waals surface area contributed by atoms with Crippen molar-refractivity contribution in [3.8, 4) is 0 Å². The van der Waals surface area contributed by atoms with Gasteiger partial charge in [-0.2, -0.15) is 0 Å². The lowest BCUT2D eigenvalue weighted by molar-refractivity contribution is -0.138. The highest BCUT2D eigenvalue weighted by molar-refractivity contribution is 7.13. The molecule has 5 nitrogen and oxygen atoms in total. The van der Waals surface area contributed by atoms with E-state index in [1.54, 1.807) is 12.4 Å². The molecule has 0 saturated heterocycles. The average molecular weight is 281 g/mol. The van der Waals surface area contributed by atoms with Gasteiger partial charge in [0.15, 0.2) is 6.04 Å². The molecule has 1 unspecified atom stereocenters. The molecule has 0 aliphatic rings. The van der Waals surface area contributed by atoms with Crippen LogP contribution in [0.4, 0.5) is 0 Å². The first-order chi connectivity index (χ1) is 8.65. The maximum Gasteiger partial charge on any atom is 0.328 e. The van der Waals surface area contributed by atoms with E-state index in [9.17, 15) is 4.79 Å².